The maximum atomic E-state index is 12.1. The lowest BCUT2D eigenvalue weighted by molar-refractivity contribution is -0.123. The molecule has 1 aliphatic rings. The highest BCUT2D eigenvalue weighted by molar-refractivity contribution is 7.91. The minimum atomic E-state index is -3.40. The van der Waals surface area contributed by atoms with Gasteiger partial charge < -0.3 is 10.1 Å². The van der Waals surface area contributed by atoms with Gasteiger partial charge in [0, 0.05) is 18.2 Å². The minimum absolute atomic E-state index is 0.0297. The van der Waals surface area contributed by atoms with Crippen LogP contribution in [0.25, 0.3) is 0 Å². The summed E-state index contributed by atoms with van der Waals surface area (Å²) in [6.07, 6.45) is 2.12. The van der Waals surface area contributed by atoms with E-state index in [0.717, 1.165) is 12.8 Å². The van der Waals surface area contributed by atoms with Crippen molar-refractivity contribution in [3.8, 4) is 0 Å². The van der Waals surface area contributed by atoms with E-state index in [1.807, 2.05) is 0 Å². The van der Waals surface area contributed by atoms with Gasteiger partial charge in [0.25, 0.3) is 0 Å². The van der Waals surface area contributed by atoms with Gasteiger partial charge in [-0.05, 0) is 37.1 Å². The average molecular weight is 332 g/mol. The van der Waals surface area contributed by atoms with Crippen molar-refractivity contribution in [3.63, 3.8) is 0 Å². The van der Waals surface area contributed by atoms with Crippen molar-refractivity contribution in [1.29, 1.82) is 0 Å². The van der Waals surface area contributed by atoms with Gasteiger partial charge in [-0.15, -0.1) is 0 Å². The minimum Gasteiger partial charge on any atom is -0.378 e. The van der Waals surface area contributed by atoms with Crippen molar-refractivity contribution in [2.45, 2.75) is 30.3 Å². The lowest BCUT2D eigenvalue weighted by Crippen LogP contribution is -2.31. The van der Waals surface area contributed by atoms with E-state index >= 15 is 0 Å². The van der Waals surface area contributed by atoms with Gasteiger partial charge in [-0.3, -0.25) is 4.79 Å². The molecule has 0 aromatic heterocycles. The van der Waals surface area contributed by atoms with Crippen LogP contribution in [0.1, 0.15) is 19.3 Å². The molecule has 1 unspecified atom stereocenters. The standard InChI is InChI=1S/C14H18ClNO4S/c15-11-3-5-13(6-4-11)21(18,19)9-7-16-14(17)10-12-2-1-8-20-12/h3-6,12H,1-2,7-10H2,(H,16,17). The summed E-state index contributed by atoms with van der Waals surface area (Å²) in [7, 11) is -3.40. The predicted octanol–water partition coefficient (Wildman–Crippen LogP) is 1.80. The van der Waals surface area contributed by atoms with Crippen LogP contribution in [0.4, 0.5) is 0 Å². The van der Waals surface area contributed by atoms with E-state index in [2.05, 4.69) is 5.32 Å². The van der Waals surface area contributed by atoms with E-state index in [1.54, 1.807) is 0 Å². The quantitative estimate of drug-likeness (QED) is 0.862. The molecule has 7 heteroatoms. The number of carbonyl (C=O) groups excluding carboxylic acids is 1. The van der Waals surface area contributed by atoms with Crippen molar-refractivity contribution in [2.75, 3.05) is 18.9 Å². The van der Waals surface area contributed by atoms with Gasteiger partial charge in [-0.1, -0.05) is 11.6 Å². The Morgan fingerprint density at radius 2 is 2.05 bits per heavy atom. The number of hydrogen-bond donors (Lipinski definition) is 1. The molecule has 0 aliphatic carbocycles. The Bertz CT molecular complexity index is 579. The lowest BCUT2D eigenvalue weighted by atomic mass is 10.2. The largest absolute Gasteiger partial charge is 0.378 e. The summed E-state index contributed by atoms with van der Waals surface area (Å²) in [6, 6.07) is 5.99. The Hall–Kier alpha value is -1.11. The Labute approximate surface area is 129 Å². The second-order valence-corrected chi connectivity index (χ2v) is 7.51. The number of rotatable bonds is 6. The van der Waals surface area contributed by atoms with Crippen molar-refractivity contribution >= 4 is 27.3 Å². The van der Waals surface area contributed by atoms with Crippen LogP contribution in [0.2, 0.25) is 5.02 Å². The van der Waals surface area contributed by atoms with Crippen molar-refractivity contribution in [1.82, 2.24) is 5.32 Å². The molecule has 1 aromatic carbocycles. The summed E-state index contributed by atoms with van der Waals surface area (Å²) >= 11 is 5.72. The topological polar surface area (TPSA) is 72.5 Å². The van der Waals surface area contributed by atoms with Gasteiger partial charge >= 0.3 is 0 Å². The zero-order chi connectivity index (χ0) is 15.3. The van der Waals surface area contributed by atoms with Gasteiger partial charge in [-0.25, -0.2) is 8.42 Å². The molecule has 1 amide bonds. The van der Waals surface area contributed by atoms with Crippen molar-refractivity contribution < 1.29 is 17.9 Å². The first kappa shape index (κ1) is 16.3. The zero-order valence-corrected chi connectivity index (χ0v) is 13.1. The third-order valence-corrected chi connectivity index (χ3v) is 5.29. The molecule has 2 rings (SSSR count). The van der Waals surface area contributed by atoms with Crippen LogP contribution < -0.4 is 5.32 Å². The number of ether oxygens (including phenoxy) is 1. The van der Waals surface area contributed by atoms with Crippen LogP contribution in [0.15, 0.2) is 29.2 Å². The van der Waals surface area contributed by atoms with E-state index in [9.17, 15) is 13.2 Å². The van der Waals surface area contributed by atoms with Crippen LogP contribution in [0, 0.1) is 0 Å². The fraction of sp³-hybridized carbons (Fsp3) is 0.500. The maximum absolute atomic E-state index is 12.1. The molecule has 116 valence electrons. The highest BCUT2D eigenvalue weighted by Crippen LogP contribution is 2.16. The van der Waals surface area contributed by atoms with Gasteiger partial charge in [0.2, 0.25) is 5.91 Å². The summed E-state index contributed by atoms with van der Waals surface area (Å²) in [5.74, 6) is -0.306. The third kappa shape index (κ3) is 4.98. The first-order chi connectivity index (χ1) is 9.97. The molecule has 1 atom stereocenters. The van der Waals surface area contributed by atoms with E-state index in [4.69, 9.17) is 16.3 Å². The van der Waals surface area contributed by atoms with Crippen LogP contribution in [0.3, 0.4) is 0 Å². The van der Waals surface area contributed by atoms with Crippen LogP contribution in [-0.4, -0.2) is 39.3 Å². The average Bonchev–Trinajstić information content (AvgIpc) is 2.91. The molecule has 5 nitrogen and oxygen atoms in total. The molecule has 0 spiro atoms. The van der Waals surface area contributed by atoms with Crippen LogP contribution >= 0.6 is 11.6 Å². The summed E-state index contributed by atoms with van der Waals surface area (Å²) in [4.78, 5) is 11.9. The molecule has 0 bridgehead atoms. The Balaban J connectivity index is 1.79. The molecule has 1 aromatic rings. The number of nitrogens with one attached hydrogen (secondary N) is 1. The molecular formula is C14H18ClNO4S. The Morgan fingerprint density at radius 3 is 2.67 bits per heavy atom. The molecule has 1 fully saturated rings. The van der Waals surface area contributed by atoms with Gasteiger partial charge in [-0.2, -0.15) is 0 Å². The second-order valence-electron chi connectivity index (χ2n) is 4.96. The Kier molecular flexibility index (Phi) is 5.61. The van der Waals surface area contributed by atoms with E-state index < -0.39 is 9.84 Å². The van der Waals surface area contributed by atoms with Crippen molar-refractivity contribution in [3.05, 3.63) is 29.3 Å². The van der Waals surface area contributed by atoms with Gasteiger partial charge in [0.05, 0.1) is 23.2 Å². The monoisotopic (exact) mass is 331 g/mol. The zero-order valence-electron chi connectivity index (χ0n) is 11.5. The lowest BCUT2D eigenvalue weighted by Gasteiger charge is -2.10. The SMILES string of the molecule is O=C(CC1CCCO1)NCCS(=O)(=O)c1ccc(Cl)cc1. The molecule has 0 saturated carbocycles. The van der Waals surface area contributed by atoms with E-state index in [0.29, 0.717) is 18.1 Å². The number of amides is 1. The maximum Gasteiger partial charge on any atom is 0.222 e. The molecule has 21 heavy (non-hydrogen) atoms. The third-order valence-electron chi connectivity index (χ3n) is 3.30. The molecule has 1 heterocycles. The van der Waals surface area contributed by atoms with Gasteiger partial charge in [0.15, 0.2) is 9.84 Å². The fourth-order valence-electron chi connectivity index (χ4n) is 2.17. The number of halogens is 1. The van der Waals surface area contributed by atoms with Crippen LogP contribution in [-0.2, 0) is 19.4 Å². The smallest absolute Gasteiger partial charge is 0.222 e. The second kappa shape index (κ2) is 7.24. The number of sulfone groups is 1. The highest BCUT2D eigenvalue weighted by atomic mass is 35.5. The van der Waals surface area contributed by atoms with Gasteiger partial charge in [0.1, 0.15) is 0 Å². The summed E-state index contributed by atoms with van der Waals surface area (Å²) in [5, 5.41) is 3.11. The molecule has 1 saturated heterocycles. The summed E-state index contributed by atoms with van der Waals surface area (Å²) < 4.78 is 29.5. The fourth-order valence-corrected chi connectivity index (χ4v) is 3.45. The molecular weight excluding hydrogens is 314 g/mol. The number of benzene rings is 1. The van der Waals surface area contributed by atoms with Crippen LogP contribution in [0.5, 0.6) is 0 Å². The summed E-state index contributed by atoms with van der Waals surface area (Å²) in [6.45, 7) is 0.791. The van der Waals surface area contributed by atoms with E-state index in [1.165, 1.54) is 24.3 Å². The predicted molar refractivity (Wildman–Crippen MR) is 80.1 cm³/mol. The van der Waals surface area contributed by atoms with E-state index in [-0.39, 0.29) is 29.2 Å². The molecule has 0 radical (unpaired) electrons. The first-order valence-electron chi connectivity index (χ1n) is 6.84. The molecule has 1 aliphatic heterocycles. The highest BCUT2D eigenvalue weighted by Gasteiger charge is 2.19. The number of hydrogen-bond acceptors (Lipinski definition) is 4. The molecule has 1 N–H and O–H groups in total. The first-order valence-corrected chi connectivity index (χ1v) is 8.87. The Morgan fingerprint density at radius 1 is 1.33 bits per heavy atom. The summed E-state index contributed by atoms with van der Waals surface area (Å²) in [5.41, 5.74) is 0. The normalized spacial score (nSPS) is 18.6. The number of carbonyl (C=O) groups is 1. The van der Waals surface area contributed by atoms with Crippen molar-refractivity contribution in [2.24, 2.45) is 0 Å².